The maximum absolute atomic E-state index is 5.09. The van der Waals surface area contributed by atoms with Crippen molar-refractivity contribution in [3.63, 3.8) is 0 Å². The summed E-state index contributed by atoms with van der Waals surface area (Å²) in [7, 11) is 8.04. The van der Waals surface area contributed by atoms with Crippen LogP contribution in [0, 0.1) is 0 Å². The number of hydrogen-bond acceptors (Lipinski definition) is 3. The van der Waals surface area contributed by atoms with Gasteiger partial charge in [-0.25, -0.2) is 0 Å². The normalized spacial score (nSPS) is 12.0. The quantitative estimate of drug-likeness (QED) is 0.628. The Morgan fingerprint density at radius 1 is 1.40 bits per heavy atom. The zero-order valence-electron chi connectivity index (χ0n) is 10.1. The first-order valence-corrected chi connectivity index (χ1v) is 5.20. The largest absolute Gasteiger partial charge is 0.379 e. The Bertz CT molecular complexity index is 295. The number of likely N-dealkylation sites (N-methyl/N-ethyl adjacent to an activating group) is 1. The molecule has 0 radical (unpaired) electrons. The highest BCUT2D eigenvalue weighted by Gasteiger charge is 2.15. The molecule has 0 aliphatic carbocycles. The molecule has 86 valence electrons. The molecule has 1 aromatic rings. The molecule has 0 saturated carbocycles. The van der Waals surface area contributed by atoms with Crippen LogP contribution < -0.4 is 0 Å². The molecular weight excluding hydrogens is 192 g/mol. The fourth-order valence-electron chi connectivity index (χ4n) is 1.38. The average Bonchev–Trinajstić information content (AvgIpc) is 2.59. The van der Waals surface area contributed by atoms with E-state index in [0.717, 1.165) is 36.3 Å². The molecule has 0 aromatic carbocycles. The molecule has 1 rings (SSSR count). The van der Waals surface area contributed by atoms with Crippen molar-refractivity contribution in [2.24, 2.45) is 7.05 Å². The lowest BCUT2D eigenvalue weighted by Gasteiger charge is -2.29. The lowest BCUT2D eigenvalue weighted by atomic mass is 10.3. The molecule has 0 atom stereocenters. The summed E-state index contributed by atoms with van der Waals surface area (Å²) in [4.78, 5) is 0. The van der Waals surface area contributed by atoms with Crippen LogP contribution in [0.1, 0.15) is 5.69 Å². The van der Waals surface area contributed by atoms with Gasteiger partial charge < -0.3 is 9.22 Å². The number of aromatic nitrogens is 3. The van der Waals surface area contributed by atoms with Gasteiger partial charge in [-0.05, 0) is 0 Å². The maximum atomic E-state index is 5.09. The minimum Gasteiger partial charge on any atom is -0.379 e. The highest BCUT2D eigenvalue weighted by Crippen LogP contribution is 2.01. The fraction of sp³-hybridized carbons (Fsp3) is 0.800. The summed E-state index contributed by atoms with van der Waals surface area (Å²) < 4.78 is 7.78. The van der Waals surface area contributed by atoms with E-state index in [9.17, 15) is 0 Å². The number of ether oxygens (including phenoxy) is 1. The summed E-state index contributed by atoms with van der Waals surface area (Å²) in [6.07, 6.45) is 2.93. The van der Waals surface area contributed by atoms with Crippen LogP contribution in [0.15, 0.2) is 6.20 Å². The van der Waals surface area contributed by atoms with Crippen LogP contribution in [0.5, 0.6) is 0 Å². The van der Waals surface area contributed by atoms with Gasteiger partial charge in [-0.1, -0.05) is 5.21 Å². The molecule has 0 aliphatic rings. The Hall–Kier alpha value is -0.940. The second-order valence-corrected chi connectivity index (χ2v) is 4.51. The Morgan fingerprint density at radius 3 is 2.67 bits per heavy atom. The Kier molecular flexibility index (Phi) is 4.23. The highest BCUT2D eigenvalue weighted by molar-refractivity contribution is 4.91. The number of aryl methyl sites for hydroxylation is 1. The average molecular weight is 213 g/mol. The van der Waals surface area contributed by atoms with Gasteiger partial charge in [-0.2, -0.15) is 0 Å². The Morgan fingerprint density at radius 2 is 2.13 bits per heavy atom. The molecule has 5 nitrogen and oxygen atoms in total. The number of methoxy groups -OCH3 is 1. The molecule has 0 N–H and O–H groups in total. The topological polar surface area (TPSA) is 39.9 Å². The van der Waals surface area contributed by atoms with Gasteiger partial charge in [-0.3, -0.25) is 4.68 Å². The van der Waals surface area contributed by atoms with Crippen molar-refractivity contribution in [1.29, 1.82) is 0 Å². The van der Waals surface area contributed by atoms with Crippen LogP contribution in [-0.4, -0.2) is 60.4 Å². The molecular formula is C10H21N4O+. The molecule has 0 amide bonds. The number of rotatable bonds is 6. The number of nitrogens with zero attached hydrogens (tertiary/aromatic N) is 4. The standard InChI is InChI=1S/C10H21N4O/c1-13-9-10(11-12-13)5-6-14(2,3)7-8-15-4/h9H,5-8H2,1-4H3/q+1. The van der Waals surface area contributed by atoms with Crippen molar-refractivity contribution in [3.8, 4) is 0 Å². The van der Waals surface area contributed by atoms with Crippen molar-refractivity contribution < 1.29 is 9.22 Å². The van der Waals surface area contributed by atoms with Gasteiger partial charge >= 0.3 is 0 Å². The number of hydrogen-bond donors (Lipinski definition) is 0. The summed E-state index contributed by atoms with van der Waals surface area (Å²) in [5, 5.41) is 7.99. The number of quaternary nitrogens is 1. The van der Waals surface area contributed by atoms with Crippen LogP contribution in [-0.2, 0) is 18.2 Å². The fourth-order valence-corrected chi connectivity index (χ4v) is 1.38. The molecule has 0 saturated heterocycles. The van der Waals surface area contributed by atoms with E-state index in [4.69, 9.17) is 4.74 Å². The van der Waals surface area contributed by atoms with Crippen LogP contribution in [0.4, 0.5) is 0 Å². The lowest BCUT2D eigenvalue weighted by Crippen LogP contribution is -2.43. The molecule has 15 heavy (non-hydrogen) atoms. The first kappa shape index (κ1) is 12.1. The molecule has 0 bridgehead atoms. The first-order chi connectivity index (χ1) is 7.03. The third-order valence-corrected chi connectivity index (χ3v) is 2.52. The SMILES string of the molecule is COCC[N+](C)(C)CCc1cn(C)nn1. The zero-order chi connectivity index (χ0) is 11.3. The zero-order valence-corrected chi connectivity index (χ0v) is 10.1. The van der Waals surface area contributed by atoms with Gasteiger partial charge in [0.15, 0.2) is 0 Å². The van der Waals surface area contributed by atoms with E-state index >= 15 is 0 Å². The predicted octanol–water partition coefficient (Wildman–Crippen LogP) is 0.0804. The third-order valence-electron chi connectivity index (χ3n) is 2.52. The molecule has 1 heterocycles. The van der Waals surface area contributed by atoms with E-state index < -0.39 is 0 Å². The van der Waals surface area contributed by atoms with Crippen molar-refractivity contribution in [2.75, 3.05) is 40.9 Å². The van der Waals surface area contributed by atoms with E-state index in [1.165, 1.54) is 0 Å². The second-order valence-electron chi connectivity index (χ2n) is 4.51. The van der Waals surface area contributed by atoms with Crippen LogP contribution >= 0.6 is 0 Å². The third kappa shape index (κ3) is 4.40. The Labute approximate surface area is 91.2 Å². The van der Waals surface area contributed by atoms with Crippen molar-refractivity contribution in [1.82, 2.24) is 15.0 Å². The van der Waals surface area contributed by atoms with E-state index in [2.05, 4.69) is 24.4 Å². The van der Waals surface area contributed by atoms with E-state index in [0.29, 0.717) is 0 Å². The first-order valence-electron chi connectivity index (χ1n) is 5.20. The lowest BCUT2D eigenvalue weighted by molar-refractivity contribution is -0.890. The van der Waals surface area contributed by atoms with Gasteiger partial charge in [-0.15, -0.1) is 5.10 Å². The van der Waals surface area contributed by atoms with Gasteiger partial charge in [0.1, 0.15) is 6.54 Å². The van der Waals surface area contributed by atoms with E-state index in [1.54, 1.807) is 11.8 Å². The van der Waals surface area contributed by atoms with E-state index in [1.807, 2.05) is 13.2 Å². The molecule has 0 fully saturated rings. The molecule has 1 aromatic heterocycles. The van der Waals surface area contributed by atoms with Crippen molar-refractivity contribution in [2.45, 2.75) is 6.42 Å². The predicted molar refractivity (Wildman–Crippen MR) is 58.4 cm³/mol. The minimum atomic E-state index is 0.799. The second kappa shape index (κ2) is 5.23. The van der Waals surface area contributed by atoms with E-state index in [-0.39, 0.29) is 0 Å². The van der Waals surface area contributed by atoms with Crippen molar-refractivity contribution >= 4 is 0 Å². The maximum Gasteiger partial charge on any atom is 0.102 e. The summed E-state index contributed by atoms with van der Waals surface area (Å²) >= 11 is 0. The van der Waals surface area contributed by atoms with Gasteiger partial charge in [0.2, 0.25) is 0 Å². The summed E-state index contributed by atoms with van der Waals surface area (Å²) in [5.41, 5.74) is 1.06. The summed E-state index contributed by atoms with van der Waals surface area (Å²) in [5.74, 6) is 0. The molecule has 0 aliphatic heterocycles. The molecule has 0 spiro atoms. The van der Waals surface area contributed by atoms with Gasteiger partial charge in [0, 0.05) is 26.8 Å². The van der Waals surface area contributed by atoms with Crippen LogP contribution in [0.25, 0.3) is 0 Å². The highest BCUT2D eigenvalue weighted by atomic mass is 16.5. The molecule has 0 unspecified atom stereocenters. The van der Waals surface area contributed by atoms with Gasteiger partial charge in [0.05, 0.1) is 32.9 Å². The van der Waals surface area contributed by atoms with Crippen molar-refractivity contribution in [3.05, 3.63) is 11.9 Å². The Balaban J connectivity index is 2.35. The van der Waals surface area contributed by atoms with Crippen LogP contribution in [0.3, 0.4) is 0 Å². The molecule has 5 heteroatoms. The summed E-state index contributed by atoms with van der Waals surface area (Å²) in [6.45, 7) is 2.88. The van der Waals surface area contributed by atoms with Gasteiger partial charge in [0.25, 0.3) is 0 Å². The minimum absolute atomic E-state index is 0.799. The smallest absolute Gasteiger partial charge is 0.102 e. The van der Waals surface area contributed by atoms with Crippen LogP contribution in [0.2, 0.25) is 0 Å². The monoisotopic (exact) mass is 213 g/mol. The summed E-state index contributed by atoms with van der Waals surface area (Å²) in [6, 6.07) is 0.